The molecule has 0 N–H and O–H groups in total. The molecule has 0 fully saturated rings. The monoisotopic (exact) mass is 279 g/mol. The average Bonchev–Trinajstić information content (AvgIpc) is 3.03. The zero-order valence-electron chi connectivity index (χ0n) is 11.9. The maximum absolute atomic E-state index is 5.46. The normalized spacial score (nSPS) is 17.6. The van der Waals surface area contributed by atoms with E-state index in [1.165, 1.54) is 0 Å². The molecule has 0 amide bonds. The molecule has 0 aliphatic carbocycles. The molecule has 0 aromatic heterocycles. The minimum Gasteiger partial charge on any atom is -0.497 e. The largest absolute Gasteiger partial charge is 0.497 e. The lowest BCUT2D eigenvalue weighted by molar-refractivity contribution is 0.120. The van der Waals surface area contributed by atoms with Crippen LogP contribution in [-0.4, -0.2) is 18.9 Å². The van der Waals surface area contributed by atoms with Gasteiger partial charge in [-0.1, -0.05) is 53.7 Å². The van der Waals surface area contributed by atoms with E-state index < -0.39 is 0 Å². The van der Waals surface area contributed by atoms with E-state index >= 15 is 0 Å². The van der Waals surface area contributed by atoms with E-state index in [0.717, 1.165) is 29.0 Å². The van der Waals surface area contributed by atoms with Crippen LogP contribution in [0.4, 0.5) is 0 Å². The third-order valence-corrected chi connectivity index (χ3v) is 3.42. The molecule has 106 valence electrons. The van der Waals surface area contributed by atoms with Crippen LogP contribution in [0.1, 0.15) is 17.5 Å². The fraction of sp³-hybridized carbons (Fsp3) is 0.167. The summed E-state index contributed by atoms with van der Waals surface area (Å²) in [6.45, 7) is 0. The number of methoxy groups -OCH3 is 1. The molecule has 1 atom stereocenters. The van der Waals surface area contributed by atoms with Gasteiger partial charge in [0, 0.05) is 6.42 Å². The molecule has 1 unspecified atom stereocenters. The summed E-state index contributed by atoms with van der Waals surface area (Å²) < 4.78 is 5.14. The molecule has 2 aromatic rings. The van der Waals surface area contributed by atoms with Crippen LogP contribution in [0, 0.1) is 0 Å². The minimum atomic E-state index is 0.00214. The second kappa shape index (κ2) is 6.27. The highest BCUT2D eigenvalue weighted by atomic mass is 16.6. The van der Waals surface area contributed by atoms with E-state index in [2.05, 4.69) is 17.3 Å². The summed E-state index contributed by atoms with van der Waals surface area (Å²) in [7, 11) is 1.67. The van der Waals surface area contributed by atoms with E-state index in [0.29, 0.717) is 0 Å². The molecule has 21 heavy (non-hydrogen) atoms. The van der Waals surface area contributed by atoms with E-state index in [-0.39, 0.29) is 6.10 Å². The van der Waals surface area contributed by atoms with Crippen molar-refractivity contribution in [3.63, 3.8) is 0 Å². The zero-order chi connectivity index (χ0) is 14.5. The first kappa shape index (κ1) is 13.4. The van der Waals surface area contributed by atoms with Gasteiger partial charge >= 0.3 is 0 Å². The Morgan fingerprint density at radius 3 is 2.57 bits per heavy atom. The molecule has 0 saturated heterocycles. The van der Waals surface area contributed by atoms with Crippen LogP contribution < -0.4 is 4.74 Å². The van der Waals surface area contributed by atoms with Gasteiger partial charge in [-0.15, -0.1) is 0 Å². The van der Waals surface area contributed by atoms with Crippen LogP contribution in [0.3, 0.4) is 0 Å². The van der Waals surface area contributed by atoms with Crippen LogP contribution in [-0.2, 0) is 4.84 Å². The molecular weight excluding hydrogens is 262 g/mol. The van der Waals surface area contributed by atoms with Gasteiger partial charge in [-0.3, -0.25) is 0 Å². The van der Waals surface area contributed by atoms with Gasteiger partial charge < -0.3 is 9.57 Å². The summed E-state index contributed by atoms with van der Waals surface area (Å²) in [6.07, 6.45) is 4.90. The Bertz CT molecular complexity index is 645. The predicted molar refractivity (Wildman–Crippen MR) is 84.5 cm³/mol. The predicted octanol–water partition coefficient (Wildman–Crippen LogP) is 3.90. The number of hydrogen-bond acceptors (Lipinski definition) is 3. The molecule has 0 bridgehead atoms. The van der Waals surface area contributed by atoms with E-state index in [1.807, 2.05) is 54.6 Å². The Morgan fingerprint density at radius 2 is 1.86 bits per heavy atom. The maximum atomic E-state index is 5.46. The standard InChI is InChI=1S/C18H17NO2/c1-20-16-10-7-14(8-11-16)9-12-17-13-18(19-21-17)15-5-3-2-4-6-15/h2-12,17H,13H2,1H3/b12-9+. The van der Waals surface area contributed by atoms with E-state index in [9.17, 15) is 0 Å². The lowest BCUT2D eigenvalue weighted by Gasteiger charge is -2.02. The first-order chi connectivity index (χ1) is 10.3. The molecule has 0 radical (unpaired) electrons. The molecule has 1 aliphatic heterocycles. The third kappa shape index (κ3) is 3.31. The van der Waals surface area contributed by atoms with E-state index in [1.54, 1.807) is 7.11 Å². The fourth-order valence-corrected chi connectivity index (χ4v) is 2.23. The van der Waals surface area contributed by atoms with Gasteiger partial charge in [-0.2, -0.15) is 0 Å². The van der Waals surface area contributed by atoms with Crippen LogP contribution in [0.15, 0.2) is 65.8 Å². The number of nitrogens with zero attached hydrogens (tertiary/aromatic N) is 1. The van der Waals surface area contributed by atoms with Gasteiger partial charge in [0.15, 0.2) is 6.10 Å². The summed E-state index contributed by atoms with van der Waals surface area (Å²) >= 11 is 0. The zero-order valence-corrected chi connectivity index (χ0v) is 11.9. The third-order valence-electron chi connectivity index (χ3n) is 3.42. The van der Waals surface area contributed by atoms with Crippen molar-refractivity contribution < 1.29 is 9.57 Å². The van der Waals surface area contributed by atoms with Crippen LogP contribution in [0.25, 0.3) is 6.08 Å². The van der Waals surface area contributed by atoms with Crippen molar-refractivity contribution in [1.82, 2.24) is 0 Å². The lowest BCUT2D eigenvalue weighted by Crippen LogP contribution is -2.04. The number of hydrogen-bond donors (Lipinski definition) is 0. The first-order valence-electron chi connectivity index (χ1n) is 6.95. The Morgan fingerprint density at radius 1 is 1.10 bits per heavy atom. The number of benzene rings is 2. The van der Waals surface area contributed by atoms with Crippen molar-refractivity contribution in [3.8, 4) is 5.75 Å². The molecule has 0 saturated carbocycles. The smallest absolute Gasteiger partial charge is 0.151 e. The fourth-order valence-electron chi connectivity index (χ4n) is 2.23. The Hall–Kier alpha value is -2.55. The van der Waals surface area contributed by atoms with Crippen molar-refractivity contribution in [2.24, 2.45) is 5.16 Å². The van der Waals surface area contributed by atoms with Gasteiger partial charge in [0.1, 0.15) is 5.75 Å². The molecule has 3 nitrogen and oxygen atoms in total. The summed E-state index contributed by atoms with van der Waals surface area (Å²) in [5.41, 5.74) is 3.24. The highest BCUT2D eigenvalue weighted by molar-refractivity contribution is 6.01. The van der Waals surface area contributed by atoms with Crippen molar-refractivity contribution in [2.75, 3.05) is 7.11 Å². The quantitative estimate of drug-likeness (QED) is 0.849. The first-order valence-corrected chi connectivity index (χ1v) is 6.95. The van der Waals surface area contributed by atoms with Crippen molar-refractivity contribution in [2.45, 2.75) is 12.5 Å². The highest BCUT2D eigenvalue weighted by Crippen LogP contribution is 2.19. The summed E-state index contributed by atoms with van der Waals surface area (Å²) in [5.74, 6) is 0.860. The molecule has 2 aromatic carbocycles. The molecule has 1 heterocycles. The van der Waals surface area contributed by atoms with Crippen LogP contribution in [0.2, 0.25) is 0 Å². The lowest BCUT2D eigenvalue weighted by atomic mass is 10.0. The SMILES string of the molecule is COc1ccc(/C=C/C2CC(c3ccccc3)=NO2)cc1. The van der Waals surface area contributed by atoms with Crippen molar-refractivity contribution >= 4 is 11.8 Å². The Kier molecular flexibility index (Phi) is 4.01. The van der Waals surface area contributed by atoms with Crippen LogP contribution >= 0.6 is 0 Å². The van der Waals surface area contributed by atoms with Gasteiger partial charge in [0.2, 0.25) is 0 Å². The van der Waals surface area contributed by atoms with Crippen LogP contribution in [0.5, 0.6) is 5.75 Å². The Balaban J connectivity index is 1.61. The second-order valence-corrected chi connectivity index (χ2v) is 4.88. The van der Waals surface area contributed by atoms with Gasteiger partial charge in [0.25, 0.3) is 0 Å². The molecule has 3 heteroatoms. The minimum absolute atomic E-state index is 0.00214. The maximum Gasteiger partial charge on any atom is 0.151 e. The summed E-state index contributed by atoms with van der Waals surface area (Å²) in [6, 6.07) is 18.1. The topological polar surface area (TPSA) is 30.8 Å². The van der Waals surface area contributed by atoms with Crippen molar-refractivity contribution in [3.05, 3.63) is 71.8 Å². The number of ether oxygens (including phenoxy) is 1. The molecular formula is C18H17NO2. The van der Waals surface area contributed by atoms with Gasteiger partial charge in [-0.25, -0.2) is 0 Å². The summed E-state index contributed by atoms with van der Waals surface area (Å²) in [5, 5.41) is 4.17. The highest BCUT2D eigenvalue weighted by Gasteiger charge is 2.19. The molecule has 1 aliphatic rings. The average molecular weight is 279 g/mol. The summed E-state index contributed by atoms with van der Waals surface area (Å²) in [4.78, 5) is 5.46. The number of rotatable bonds is 4. The molecule has 0 spiro atoms. The van der Waals surface area contributed by atoms with Crippen molar-refractivity contribution in [1.29, 1.82) is 0 Å². The van der Waals surface area contributed by atoms with E-state index in [4.69, 9.17) is 9.57 Å². The van der Waals surface area contributed by atoms with Gasteiger partial charge in [0.05, 0.1) is 12.8 Å². The molecule has 3 rings (SSSR count). The second-order valence-electron chi connectivity index (χ2n) is 4.88. The Labute approximate surface area is 124 Å². The van der Waals surface area contributed by atoms with Gasteiger partial charge in [-0.05, 0) is 29.3 Å². The number of oxime groups is 1.